The van der Waals surface area contributed by atoms with Crippen LogP contribution in [0.1, 0.15) is 24.8 Å². The molecule has 1 aromatic carbocycles. The lowest BCUT2D eigenvalue weighted by atomic mass is 10.1. The fraction of sp³-hybridized carbons (Fsp3) is 0.389. The molecule has 1 N–H and O–H groups in total. The van der Waals surface area contributed by atoms with Crippen molar-refractivity contribution in [3.05, 3.63) is 48.0 Å². The van der Waals surface area contributed by atoms with Crippen molar-refractivity contribution >= 4 is 17.5 Å². The van der Waals surface area contributed by atoms with E-state index in [1.54, 1.807) is 18.3 Å². The van der Waals surface area contributed by atoms with Crippen LogP contribution in [0.2, 0.25) is 0 Å². The van der Waals surface area contributed by atoms with Crippen molar-refractivity contribution in [2.24, 2.45) is 0 Å². The summed E-state index contributed by atoms with van der Waals surface area (Å²) in [5, 5.41) is 6.89. The van der Waals surface area contributed by atoms with Gasteiger partial charge in [-0.2, -0.15) is 5.10 Å². The van der Waals surface area contributed by atoms with Crippen molar-refractivity contribution in [1.29, 1.82) is 0 Å². The van der Waals surface area contributed by atoms with Gasteiger partial charge in [0.25, 0.3) is 0 Å². The molecule has 0 unspecified atom stereocenters. The quantitative estimate of drug-likeness (QED) is 0.874. The first-order valence-corrected chi connectivity index (χ1v) is 8.45. The number of likely N-dealkylation sites (tertiary alicyclic amines) is 1. The first kappa shape index (κ1) is 17.1. The summed E-state index contributed by atoms with van der Waals surface area (Å²) in [6, 6.07) is 6.11. The number of anilines is 1. The Kier molecular flexibility index (Phi) is 5.42. The molecule has 1 aromatic heterocycles. The number of aromatic nitrogens is 2. The average molecular weight is 344 g/mol. The van der Waals surface area contributed by atoms with E-state index in [1.165, 1.54) is 23.0 Å². The van der Waals surface area contributed by atoms with Gasteiger partial charge in [-0.25, -0.2) is 4.39 Å². The molecule has 1 saturated heterocycles. The zero-order valence-corrected chi connectivity index (χ0v) is 13.9. The number of amides is 2. The van der Waals surface area contributed by atoms with Gasteiger partial charge in [-0.3, -0.25) is 14.3 Å². The highest BCUT2D eigenvalue weighted by Gasteiger charge is 2.18. The van der Waals surface area contributed by atoms with Crippen LogP contribution in [0.15, 0.2) is 36.7 Å². The molecule has 0 atom stereocenters. The SMILES string of the molecule is O=C(CCc1ccc(F)cc1)Nc1cnn(CC(=O)N2CCCC2)c1. The molecule has 2 aromatic rings. The first-order chi connectivity index (χ1) is 12.1. The van der Waals surface area contributed by atoms with Crippen molar-refractivity contribution < 1.29 is 14.0 Å². The maximum atomic E-state index is 12.8. The summed E-state index contributed by atoms with van der Waals surface area (Å²) < 4.78 is 14.4. The van der Waals surface area contributed by atoms with E-state index in [-0.39, 0.29) is 24.2 Å². The minimum Gasteiger partial charge on any atom is -0.341 e. The Hall–Kier alpha value is -2.70. The predicted octanol–water partition coefficient (Wildman–Crippen LogP) is 2.22. The molecule has 0 radical (unpaired) electrons. The van der Waals surface area contributed by atoms with E-state index in [1.807, 2.05) is 4.90 Å². The van der Waals surface area contributed by atoms with Gasteiger partial charge in [0.15, 0.2) is 0 Å². The molecular formula is C18H21FN4O2. The number of hydrogen-bond acceptors (Lipinski definition) is 3. The lowest BCUT2D eigenvalue weighted by molar-refractivity contribution is -0.130. The van der Waals surface area contributed by atoms with Crippen molar-refractivity contribution in [3.63, 3.8) is 0 Å². The molecule has 25 heavy (non-hydrogen) atoms. The monoisotopic (exact) mass is 344 g/mol. The zero-order valence-electron chi connectivity index (χ0n) is 13.9. The van der Waals surface area contributed by atoms with Gasteiger partial charge in [-0.1, -0.05) is 12.1 Å². The average Bonchev–Trinajstić information content (AvgIpc) is 3.26. The number of halogens is 1. The van der Waals surface area contributed by atoms with Crippen molar-refractivity contribution in [2.45, 2.75) is 32.2 Å². The summed E-state index contributed by atoms with van der Waals surface area (Å²) in [5.41, 5.74) is 1.47. The maximum Gasteiger partial charge on any atom is 0.244 e. The highest BCUT2D eigenvalue weighted by molar-refractivity contribution is 5.90. The molecule has 1 fully saturated rings. The highest BCUT2D eigenvalue weighted by atomic mass is 19.1. The van der Waals surface area contributed by atoms with Gasteiger partial charge in [-0.15, -0.1) is 0 Å². The largest absolute Gasteiger partial charge is 0.341 e. The van der Waals surface area contributed by atoms with Gasteiger partial charge >= 0.3 is 0 Å². The van der Waals surface area contributed by atoms with Gasteiger partial charge in [0, 0.05) is 25.7 Å². The van der Waals surface area contributed by atoms with Crippen molar-refractivity contribution in [2.75, 3.05) is 18.4 Å². The van der Waals surface area contributed by atoms with Gasteiger partial charge in [-0.05, 0) is 37.0 Å². The molecule has 0 aliphatic carbocycles. The van der Waals surface area contributed by atoms with Crippen molar-refractivity contribution in [3.8, 4) is 0 Å². The van der Waals surface area contributed by atoms with E-state index in [2.05, 4.69) is 10.4 Å². The van der Waals surface area contributed by atoms with E-state index in [4.69, 9.17) is 0 Å². The normalized spacial score (nSPS) is 13.9. The van der Waals surface area contributed by atoms with Gasteiger partial charge < -0.3 is 10.2 Å². The molecule has 2 heterocycles. The van der Waals surface area contributed by atoms with Crippen LogP contribution >= 0.6 is 0 Å². The lowest BCUT2D eigenvalue weighted by Gasteiger charge is -2.14. The first-order valence-electron chi connectivity index (χ1n) is 8.45. The summed E-state index contributed by atoms with van der Waals surface area (Å²) in [7, 11) is 0. The maximum absolute atomic E-state index is 12.8. The Labute approximate surface area is 145 Å². The molecule has 132 valence electrons. The van der Waals surface area contributed by atoms with Crippen LogP contribution in [-0.2, 0) is 22.6 Å². The molecule has 0 saturated carbocycles. The molecule has 0 bridgehead atoms. The predicted molar refractivity (Wildman–Crippen MR) is 91.4 cm³/mol. The van der Waals surface area contributed by atoms with Crippen LogP contribution in [0.25, 0.3) is 0 Å². The molecule has 2 amide bonds. The topological polar surface area (TPSA) is 67.2 Å². The second-order valence-corrected chi connectivity index (χ2v) is 6.19. The Bertz CT molecular complexity index is 736. The fourth-order valence-electron chi connectivity index (χ4n) is 2.85. The Morgan fingerprint density at radius 2 is 1.88 bits per heavy atom. The second-order valence-electron chi connectivity index (χ2n) is 6.19. The minimum absolute atomic E-state index is 0.0507. The molecule has 0 spiro atoms. The molecule has 1 aliphatic heterocycles. The molecule has 1 aliphatic rings. The molecule has 3 rings (SSSR count). The van der Waals surface area contributed by atoms with E-state index < -0.39 is 0 Å². The number of carbonyl (C=O) groups excluding carboxylic acids is 2. The minimum atomic E-state index is -0.288. The zero-order chi connectivity index (χ0) is 17.6. The summed E-state index contributed by atoms with van der Waals surface area (Å²) in [6.07, 6.45) is 6.13. The van der Waals surface area contributed by atoms with Crippen LogP contribution in [0.5, 0.6) is 0 Å². The van der Waals surface area contributed by atoms with E-state index in [0.717, 1.165) is 31.5 Å². The van der Waals surface area contributed by atoms with Crippen LogP contribution in [-0.4, -0.2) is 39.6 Å². The molecular weight excluding hydrogens is 323 g/mol. The van der Waals surface area contributed by atoms with Crippen LogP contribution < -0.4 is 5.32 Å². The Balaban J connectivity index is 1.46. The van der Waals surface area contributed by atoms with E-state index in [0.29, 0.717) is 18.5 Å². The number of nitrogens with one attached hydrogen (secondary N) is 1. The summed E-state index contributed by atoms with van der Waals surface area (Å²) in [5.74, 6) is -0.381. The third-order valence-corrected chi connectivity index (χ3v) is 4.23. The Morgan fingerprint density at radius 3 is 2.60 bits per heavy atom. The lowest BCUT2D eigenvalue weighted by Crippen LogP contribution is -2.31. The number of aryl methyl sites for hydroxylation is 1. The second kappa shape index (κ2) is 7.92. The third-order valence-electron chi connectivity index (χ3n) is 4.23. The Morgan fingerprint density at radius 1 is 1.16 bits per heavy atom. The molecule has 7 heteroatoms. The van der Waals surface area contributed by atoms with Gasteiger partial charge in [0.05, 0.1) is 11.9 Å². The summed E-state index contributed by atoms with van der Waals surface area (Å²) in [4.78, 5) is 25.9. The highest BCUT2D eigenvalue weighted by Crippen LogP contribution is 2.11. The number of nitrogens with zero attached hydrogens (tertiary/aromatic N) is 3. The summed E-state index contributed by atoms with van der Waals surface area (Å²) in [6.45, 7) is 1.81. The van der Waals surface area contributed by atoms with Crippen LogP contribution in [0.3, 0.4) is 0 Å². The number of hydrogen-bond donors (Lipinski definition) is 1. The standard InChI is InChI=1S/C18H21FN4O2/c19-15-6-3-14(4-7-15)5-8-17(24)21-16-11-20-23(12-16)13-18(25)22-9-1-2-10-22/h3-4,6-7,11-12H,1-2,5,8-10,13H2,(H,21,24). The molecule has 6 nitrogen and oxygen atoms in total. The van der Waals surface area contributed by atoms with E-state index in [9.17, 15) is 14.0 Å². The fourth-order valence-corrected chi connectivity index (χ4v) is 2.85. The van der Waals surface area contributed by atoms with Crippen LogP contribution in [0, 0.1) is 5.82 Å². The van der Waals surface area contributed by atoms with Crippen LogP contribution in [0.4, 0.5) is 10.1 Å². The smallest absolute Gasteiger partial charge is 0.244 e. The number of carbonyl (C=O) groups is 2. The van der Waals surface area contributed by atoms with Gasteiger partial charge in [0.1, 0.15) is 12.4 Å². The summed E-state index contributed by atoms with van der Waals surface area (Å²) >= 11 is 0. The third kappa shape index (κ3) is 4.89. The number of benzene rings is 1. The van der Waals surface area contributed by atoms with Crippen molar-refractivity contribution in [1.82, 2.24) is 14.7 Å². The number of rotatable bonds is 6. The van der Waals surface area contributed by atoms with E-state index >= 15 is 0 Å². The van der Waals surface area contributed by atoms with Gasteiger partial charge in [0.2, 0.25) is 11.8 Å².